The fourth-order valence-corrected chi connectivity index (χ4v) is 4.18. The minimum atomic E-state index is 0. The lowest BCUT2D eigenvalue weighted by Crippen LogP contribution is -2.31. The molecule has 2 aromatic heterocycles. The highest BCUT2D eigenvalue weighted by molar-refractivity contribution is 7.17. The maximum Gasteiger partial charge on any atom is 0.119 e. The SMILES string of the molecule is COc1cccc(-c2cc(NCC3CCNCC3)c3sccc3n2)c1.Cl.Cl. The molecule has 1 aliphatic rings. The summed E-state index contributed by atoms with van der Waals surface area (Å²) in [6.07, 6.45) is 2.49. The van der Waals surface area contributed by atoms with Crippen molar-refractivity contribution in [3.8, 4) is 17.0 Å². The molecule has 146 valence electrons. The van der Waals surface area contributed by atoms with Gasteiger partial charge in [-0.3, -0.25) is 0 Å². The van der Waals surface area contributed by atoms with Crippen molar-refractivity contribution in [1.82, 2.24) is 10.3 Å². The summed E-state index contributed by atoms with van der Waals surface area (Å²) in [5.74, 6) is 1.60. The van der Waals surface area contributed by atoms with Crippen molar-refractivity contribution in [1.29, 1.82) is 0 Å². The third-order valence-electron chi connectivity index (χ3n) is 4.82. The number of hydrogen-bond acceptors (Lipinski definition) is 5. The Balaban J connectivity index is 0.00000131. The minimum absolute atomic E-state index is 0. The van der Waals surface area contributed by atoms with Crippen molar-refractivity contribution in [2.75, 3.05) is 32.1 Å². The fraction of sp³-hybridized carbons (Fsp3) is 0.350. The molecule has 1 aliphatic heterocycles. The van der Waals surface area contributed by atoms with Gasteiger partial charge in [-0.2, -0.15) is 0 Å². The van der Waals surface area contributed by atoms with E-state index >= 15 is 0 Å². The fourth-order valence-electron chi connectivity index (χ4n) is 3.36. The first-order chi connectivity index (χ1) is 12.3. The first-order valence-electron chi connectivity index (χ1n) is 8.81. The molecular formula is C20H25Cl2N3OS. The molecule has 1 aromatic carbocycles. The molecule has 3 aromatic rings. The van der Waals surface area contributed by atoms with Crippen LogP contribution in [0.2, 0.25) is 0 Å². The van der Waals surface area contributed by atoms with Crippen molar-refractivity contribution in [3.63, 3.8) is 0 Å². The normalized spacial score (nSPS) is 14.3. The standard InChI is InChI=1S/C20H23N3OS.2ClH/c1-24-16-4-2-3-15(11-16)18-12-19(20-17(23-18)7-10-25-20)22-13-14-5-8-21-9-6-14;;/h2-4,7,10-12,14,21H,5-6,8-9,13H2,1H3,(H,22,23);2*1H. The van der Waals surface area contributed by atoms with Crippen LogP contribution in [0.3, 0.4) is 0 Å². The van der Waals surface area contributed by atoms with Gasteiger partial charge in [0.25, 0.3) is 0 Å². The monoisotopic (exact) mass is 425 g/mol. The molecule has 0 bridgehead atoms. The maximum atomic E-state index is 5.36. The van der Waals surface area contributed by atoms with Gasteiger partial charge in [0, 0.05) is 12.1 Å². The van der Waals surface area contributed by atoms with Crippen LogP contribution in [-0.4, -0.2) is 31.7 Å². The van der Waals surface area contributed by atoms with Crippen LogP contribution in [0.15, 0.2) is 41.8 Å². The molecule has 0 unspecified atom stereocenters. The molecule has 27 heavy (non-hydrogen) atoms. The summed E-state index contributed by atoms with van der Waals surface area (Å²) >= 11 is 1.75. The zero-order valence-electron chi connectivity index (χ0n) is 15.2. The van der Waals surface area contributed by atoms with Gasteiger partial charge in [0.05, 0.1) is 28.7 Å². The maximum absolute atomic E-state index is 5.36. The van der Waals surface area contributed by atoms with E-state index < -0.39 is 0 Å². The van der Waals surface area contributed by atoms with E-state index in [1.165, 1.54) is 23.2 Å². The van der Waals surface area contributed by atoms with Crippen LogP contribution in [0.25, 0.3) is 21.5 Å². The number of nitrogens with one attached hydrogen (secondary N) is 2. The van der Waals surface area contributed by atoms with Gasteiger partial charge in [0.2, 0.25) is 0 Å². The van der Waals surface area contributed by atoms with Crippen LogP contribution in [0, 0.1) is 5.92 Å². The number of thiophene rings is 1. The third-order valence-corrected chi connectivity index (χ3v) is 5.75. The number of rotatable bonds is 5. The predicted octanol–water partition coefficient (Wildman–Crippen LogP) is 5.23. The Morgan fingerprint density at radius 1 is 1.19 bits per heavy atom. The molecule has 4 rings (SSSR count). The lowest BCUT2D eigenvalue weighted by molar-refractivity contribution is 0.390. The summed E-state index contributed by atoms with van der Waals surface area (Å²) < 4.78 is 6.60. The van der Waals surface area contributed by atoms with Crippen LogP contribution in [0.4, 0.5) is 5.69 Å². The van der Waals surface area contributed by atoms with Gasteiger partial charge in [0.1, 0.15) is 5.75 Å². The van der Waals surface area contributed by atoms with Gasteiger partial charge in [-0.25, -0.2) is 4.98 Å². The lowest BCUT2D eigenvalue weighted by atomic mass is 9.98. The number of fused-ring (bicyclic) bond motifs is 1. The third kappa shape index (κ3) is 5.05. The molecule has 7 heteroatoms. The van der Waals surface area contributed by atoms with Crippen LogP contribution in [0.1, 0.15) is 12.8 Å². The average Bonchev–Trinajstić information content (AvgIpc) is 3.15. The topological polar surface area (TPSA) is 46.2 Å². The van der Waals surface area contributed by atoms with E-state index in [1.54, 1.807) is 18.4 Å². The molecule has 1 saturated heterocycles. The zero-order valence-corrected chi connectivity index (χ0v) is 17.7. The van der Waals surface area contributed by atoms with Gasteiger partial charge >= 0.3 is 0 Å². The van der Waals surface area contributed by atoms with Crippen molar-refractivity contribution in [2.45, 2.75) is 12.8 Å². The van der Waals surface area contributed by atoms with Gasteiger partial charge in [0.15, 0.2) is 0 Å². The van der Waals surface area contributed by atoms with Gasteiger partial charge in [-0.1, -0.05) is 12.1 Å². The van der Waals surface area contributed by atoms with E-state index in [4.69, 9.17) is 9.72 Å². The number of benzene rings is 1. The molecule has 0 aliphatic carbocycles. The van der Waals surface area contributed by atoms with Crippen LogP contribution >= 0.6 is 36.2 Å². The smallest absolute Gasteiger partial charge is 0.119 e. The Morgan fingerprint density at radius 2 is 2.00 bits per heavy atom. The Hall–Kier alpha value is -1.53. The number of halogens is 2. The highest BCUT2D eigenvalue weighted by atomic mass is 35.5. The van der Waals surface area contributed by atoms with Crippen LogP contribution in [-0.2, 0) is 0 Å². The van der Waals surface area contributed by atoms with Gasteiger partial charge in [-0.05, 0) is 61.5 Å². The van der Waals surface area contributed by atoms with E-state index in [0.717, 1.165) is 48.1 Å². The van der Waals surface area contributed by atoms with E-state index in [1.807, 2.05) is 18.2 Å². The molecule has 2 N–H and O–H groups in total. The van der Waals surface area contributed by atoms with E-state index in [2.05, 4.69) is 34.2 Å². The van der Waals surface area contributed by atoms with Crippen LogP contribution in [0.5, 0.6) is 5.75 Å². The summed E-state index contributed by atoms with van der Waals surface area (Å²) in [6.45, 7) is 3.29. The summed E-state index contributed by atoms with van der Waals surface area (Å²) in [6, 6.07) is 12.4. The number of pyridine rings is 1. The molecule has 3 heterocycles. The molecule has 1 fully saturated rings. The quantitative estimate of drug-likeness (QED) is 0.587. The Kier molecular flexibility index (Phi) is 8.17. The number of methoxy groups -OCH3 is 1. The first-order valence-corrected chi connectivity index (χ1v) is 9.69. The Labute approximate surface area is 176 Å². The van der Waals surface area contributed by atoms with Crippen molar-refractivity contribution in [3.05, 3.63) is 41.8 Å². The number of anilines is 1. The highest BCUT2D eigenvalue weighted by Gasteiger charge is 2.14. The number of piperidine rings is 1. The zero-order chi connectivity index (χ0) is 17.1. The number of nitrogens with zero attached hydrogens (tertiary/aromatic N) is 1. The second-order valence-corrected chi connectivity index (χ2v) is 7.41. The van der Waals surface area contributed by atoms with E-state index in [-0.39, 0.29) is 24.8 Å². The molecule has 4 nitrogen and oxygen atoms in total. The second kappa shape index (κ2) is 10.1. The molecule has 0 amide bonds. The van der Waals surface area contributed by atoms with E-state index in [0.29, 0.717) is 0 Å². The number of aromatic nitrogens is 1. The number of ether oxygens (including phenoxy) is 1. The Morgan fingerprint density at radius 3 is 2.78 bits per heavy atom. The summed E-state index contributed by atoms with van der Waals surface area (Å²) in [5.41, 5.74) is 4.31. The molecule has 0 radical (unpaired) electrons. The summed E-state index contributed by atoms with van der Waals surface area (Å²) in [5, 5.41) is 9.24. The van der Waals surface area contributed by atoms with E-state index in [9.17, 15) is 0 Å². The van der Waals surface area contributed by atoms with Gasteiger partial charge < -0.3 is 15.4 Å². The summed E-state index contributed by atoms with van der Waals surface area (Å²) in [7, 11) is 1.70. The number of hydrogen-bond donors (Lipinski definition) is 2. The Bertz CT molecular complexity index is 865. The highest BCUT2D eigenvalue weighted by Crippen LogP contribution is 2.33. The lowest BCUT2D eigenvalue weighted by Gasteiger charge is -2.23. The minimum Gasteiger partial charge on any atom is -0.497 e. The molecule has 0 spiro atoms. The van der Waals surface area contributed by atoms with Crippen molar-refractivity contribution >= 4 is 52.1 Å². The molecular weight excluding hydrogens is 401 g/mol. The van der Waals surface area contributed by atoms with Gasteiger partial charge in [-0.15, -0.1) is 36.2 Å². The predicted molar refractivity (Wildman–Crippen MR) is 120 cm³/mol. The van der Waals surface area contributed by atoms with Crippen molar-refractivity contribution < 1.29 is 4.74 Å². The van der Waals surface area contributed by atoms with Crippen molar-refractivity contribution in [2.24, 2.45) is 5.92 Å². The largest absolute Gasteiger partial charge is 0.497 e. The second-order valence-electron chi connectivity index (χ2n) is 6.50. The molecule has 0 atom stereocenters. The van der Waals surface area contributed by atoms with Crippen LogP contribution < -0.4 is 15.4 Å². The average molecular weight is 426 g/mol. The molecule has 0 saturated carbocycles. The summed E-state index contributed by atoms with van der Waals surface area (Å²) in [4.78, 5) is 4.84. The first kappa shape index (κ1) is 21.8.